The summed E-state index contributed by atoms with van der Waals surface area (Å²) in [5, 5.41) is 10.0. The first-order valence-electron chi connectivity index (χ1n) is 4.74. The Morgan fingerprint density at radius 2 is 2.00 bits per heavy atom. The van der Waals surface area contributed by atoms with E-state index < -0.39 is 0 Å². The molecule has 1 aliphatic carbocycles. The van der Waals surface area contributed by atoms with Gasteiger partial charge < -0.3 is 5.11 Å². The molecule has 1 aliphatic rings. The fourth-order valence-corrected chi connectivity index (χ4v) is 2.35. The van der Waals surface area contributed by atoms with Crippen LogP contribution in [0.4, 0.5) is 0 Å². The van der Waals surface area contributed by atoms with E-state index in [0.29, 0.717) is 17.8 Å². The van der Waals surface area contributed by atoms with E-state index in [1.165, 1.54) is 0 Å². The summed E-state index contributed by atoms with van der Waals surface area (Å²) in [6, 6.07) is 0. The third kappa shape index (κ3) is 1.44. The van der Waals surface area contributed by atoms with Crippen molar-refractivity contribution in [3.8, 4) is 0 Å². The Bertz CT molecular complexity index is 142. The summed E-state index contributed by atoms with van der Waals surface area (Å²) >= 11 is 0. The first-order chi connectivity index (χ1) is 5.02. The van der Waals surface area contributed by atoms with Crippen molar-refractivity contribution in [1.29, 1.82) is 0 Å². The molecule has 0 heterocycles. The molecule has 0 aromatic heterocycles. The number of hydrogen-bond acceptors (Lipinski definition) is 1. The largest absolute Gasteiger partial charge is 0.389 e. The molecule has 0 bridgehead atoms. The highest BCUT2D eigenvalue weighted by molar-refractivity contribution is 5.05. The Kier molecular flexibility index (Phi) is 2.29. The lowest BCUT2D eigenvalue weighted by Gasteiger charge is -2.25. The number of aliphatic hydroxyl groups is 1. The van der Waals surface area contributed by atoms with E-state index in [-0.39, 0.29) is 5.60 Å². The zero-order valence-electron chi connectivity index (χ0n) is 8.09. The molecule has 1 nitrogen and oxygen atoms in total. The van der Waals surface area contributed by atoms with Crippen LogP contribution in [0, 0.1) is 17.8 Å². The van der Waals surface area contributed by atoms with Gasteiger partial charge in [0.2, 0.25) is 0 Å². The SMILES string of the molecule is CCC(C(C)C)C1(O)CC1C. The molecule has 0 radical (unpaired) electrons. The molecule has 0 aliphatic heterocycles. The van der Waals surface area contributed by atoms with Crippen molar-refractivity contribution in [3.63, 3.8) is 0 Å². The molecule has 3 unspecified atom stereocenters. The highest BCUT2D eigenvalue weighted by atomic mass is 16.3. The predicted octanol–water partition coefficient (Wildman–Crippen LogP) is 2.44. The molecule has 0 aromatic carbocycles. The molecule has 1 N–H and O–H groups in total. The summed E-state index contributed by atoms with van der Waals surface area (Å²) in [5.74, 6) is 1.67. The quantitative estimate of drug-likeness (QED) is 0.665. The van der Waals surface area contributed by atoms with Crippen molar-refractivity contribution in [2.45, 2.75) is 46.1 Å². The van der Waals surface area contributed by atoms with E-state index in [9.17, 15) is 5.11 Å². The summed E-state index contributed by atoms with van der Waals surface area (Å²) in [4.78, 5) is 0. The molecule has 0 saturated heterocycles. The summed E-state index contributed by atoms with van der Waals surface area (Å²) in [7, 11) is 0. The normalized spacial score (nSPS) is 39.3. The van der Waals surface area contributed by atoms with Gasteiger partial charge in [-0.1, -0.05) is 34.1 Å². The van der Waals surface area contributed by atoms with Gasteiger partial charge in [0.1, 0.15) is 0 Å². The van der Waals surface area contributed by atoms with Crippen molar-refractivity contribution < 1.29 is 5.11 Å². The van der Waals surface area contributed by atoms with Gasteiger partial charge in [0.25, 0.3) is 0 Å². The Balaban J connectivity index is 2.56. The Morgan fingerprint density at radius 1 is 1.55 bits per heavy atom. The Morgan fingerprint density at radius 3 is 2.09 bits per heavy atom. The molecular weight excluding hydrogens is 136 g/mol. The van der Waals surface area contributed by atoms with Crippen molar-refractivity contribution in [2.75, 3.05) is 0 Å². The molecular formula is C10H20O. The predicted molar refractivity (Wildman–Crippen MR) is 47.3 cm³/mol. The Labute approximate surface area is 69.8 Å². The third-order valence-corrected chi connectivity index (χ3v) is 3.21. The zero-order chi connectivity index (χ0) is 8.65. The maximum atomic E-state index is 10.0. The first kappa shape index (κ1) is 9.05. The lowest BCUT2D eigenvalue weighted by Crippen LogP contribution is -2.28. The maximum Gasteiger partial charge on any atom is 0.0708 e. The van der Waals surface area contributed by atoms with Gasteiger partial charge in [0.15, 0.2) is 0 Å². The lowest BCUT2D eigenvalue weighted by atomic mass is 9.85. The summed E-state index contributed by atoms with van der Waals surface area (Å²) in [5.41, 5.74) is -0.303. The van der Waals surface area contributed by atoms with Crippen LogP contribution in [0.25, 0.3) is 0 Å². The second kappa shape index (κ2) is 2.78. The van der Waals surface area contributed by atoms with Crippen LogP contribution in [-0.4, -0.2) is 10.7 Å². The van der Waals surface area contributed by atoms with Gasteiger partial charge in [-0.15, -0.1) is 0 Å². The van der Waals surface area contributed by atoms with Crippen LogP contribution in [-0.2, 0) is 0 Å². The van der Waals surface area contributed by atoms with Gasteiger partial charge in [-0.3, -0.25) is 0 Å². The van der Waals surface area contributed by atoms with Crippen LogP contribution in [0.15, 0.2) is 0 Å². The van der Waals surface area contributed by atoms with Gasteiger partial charge >= 0.3 is 0 Å². The van der Waals surface area contributed by atoms with Gasteiger partial charge in [-0.05, 0) is 24.2 Å². The smallest absolute Gasteiger partial charge is 0.0708 e. The molecule has 0 spiro atoms. The highest BCUT2D eigenvalue weighted by Crippen LogP contribution is 2.51. The molecule has 1 fully saturated rings. The molecule has 1 heteroatoms. The van der Waals surface area contributed by atoms with E-state index in [2.05, 4.69) is 27.7 Å². The van der Waals surface area contributed by atoms with E-state index in [4.69, 9.17) is 0 Å². The Hall–Kier alpha value is -0.0400. The number of rotatable bonds is 3. The average Bonchev–Trinajstić information content (AvgIpc) is 2.41. The van der Waals surface area contributed by atoms with E-state index in [1.807, 2.05) is 0 Å². The van der Waals surface area contributed by atoms with Crippen molar-refractivity contribution in [2.24, 2.45) is 17.8 Å². The summed E-state index contributed by atoms with van der Waals surface area (Å²) < 4.78 is 0. The molecule has 1 saturated carbocycles. The van der Waals surface area contributed by atoms with Crippen LogP contribution in [0.5, 0.6) is 0 Å². The van der Waals surface area contributed by atoms with E-state index in [1.54, 1.807) is 0 Å². The van der Waals surface area contributed by atoms with Crippen LogP contribution in [0.3, 0.4) is 0 Å². The van der Waals surface area contributed by atoms with Gasteiger partial charge in [0.05, 0.1) is 5.60 Å². The maximum absolute atomic E-state index is 10.0. The topological polar surface area (TPSA) is 20.2 Å². The second-order valence-corrected chi connectivity index (χ2v) is 4.36. The van der Waals surface area contributed by atoms with E-state index >= 15 is 0 Å². The van der Waals surface area contributed by atoms with Gasteiger partial charge in [-0.25, -0.2) is 0 Å². The standard InChI is InChI=1S/C10H20O/c1-5-9(7(2)3)10(11)6-8(10)4/h7-9,11H,5-6H2,1-4H3. The molecule has 1 rings (SSSR count). The lowest BCUT2D eigenvalue weighted by molar-refractivity contribution is 0.0415. The van der Waals surface area contributed by atoms with Crippen LogP contribution in [0.2, 0.25) is 0 Å². The zero-order valence-corrected chi connectivity index (χ0v) is 8.09. The van der Waals surface area contributed by atoms with Gasteiger partial charge in [-0.2, -0.15) is 0 Å². The summed E-state index contributed by atoms with van der Waals surface area (Å²) in [6.07, 6.45) is 2.13. The first-order valence-corrected chi connectivity index (χ1v) is 4.74. The highest BCUT2D eigenvalue weighted by Gasteiger charge is 2.54. The molecule has 11 heavy (non-hydrogen) atoms. The summed E-state index contributed by atoms with van der Waals surface area (Å²) in [6.45, 7) is 8.73. The van der Waals surface area contributed by atoms with Crippen LogP contribution < -0.4 is 0 Å². The third-order valence-electron chi connectivity index (χ3n) is 3.21. The molecule has 0 amide bonds. The van der Waals surface area contributed by atoms with Gasteiger partial charge in [0, 0.05) is 0 Å². The average molecular weight is 156 g/mol. The minimum atomic E-state index is -0.303. The van der Waals surface area contributed by atoms with Crippen LogP contribution >= 0.6 is 0 Å². The van der Waals surface area contributed by atoms with Crippen LogP contribution in [0.1, 0.15) is 40.5 Å². The molecule has 3 atom stereocenters. The van der Waals surface area contributed by atoms with Crippen molar-refractivity contribution in [3.05, 3.63) is 0 Å². The van der Waals surface area contributed by atoms with Crippen molar-refractivity contribution >= 4 is 0 Å². The molecule has 66 valence electrons. The molecule has 0 aromatic rings. The van der Waals surface area contributed by atoms with E-state index in [0.717, 1.165) is 12.8 Å². The second-order valence-electron chi connectivity index (χ2n) is 4.36. The minimum Gasteiger partial charge on any atom is -0.389 e. The van der Waals surface area contributed by atoms with Crippen molar-refractivity contribution in [1.82, 2.24) is 0 Å². The minimum absolute atomic E-state index is 0.303. The fourth-order valence-electron chi connectivity index (χ4n) is 2.35. The fraction of sp³-hybridized carbons (Fsp3) is 1.00. The number of hydrogen-bond donors (Lipinski definition) is 1. The monoisotopic (exact) mass is 156 g/mol.